The van der Waals surface area contributed by atoms with Crippen molar-refractivity contribution in [3.63, 3.8) is 0 Å². The van der Waals surface area contributed by atoms with Crippen LogP contribution in [0.1, 0.15) is 13.3 Å². The van der Waals surface area contributed by atoms with Crippen molar-refractivity contribution in [3.8, 4) is 0 Å². The second-order valence-electron chi connectivity index (χ2n) is 4.60. The normalized spacial score (nSPS) is 37.6. The Morgan fingerprint density at radius 3 is 2.41 bits per heavy atom. The molecule has 102 valence electrons. The smallest absolute Gasteiger partial charge is 0.327 e. The fraction of sp³-hybridized carbons (Fsp3) is 1.00. The van der Waals surface area contributed by atoms with Crippen LogP contribution in [-0.4, -0.2) is 44.6 Å². The summed E-state index contributed by atoms with van der Waals surface area (Å²) in [5, 5.41) is 8.87. The van der Waals surface area contributed by atoms with Gasteiger partial charge in [0.2, 0.25) is 7.37 Å². The van der Waals surface area contributed by atoms with Crippen LogP contribution in [0.4, 0.5) is 0 Å². The molecule has 0 aliphatic carbocycles. The summed E-state index contributed by atoms with van der Waals surface area (Å²) < 4.78 is 38.7. The Bertz CT molecular complexity index is 343. The van der Waals surface area contributed by atoms with Gasteiger partial charge in [0.1, 0.15) is 6.35 Å². The summed E-state index contributed by atoms with van der Waals surface area (Å²) in [4.78, 5) is 0. The van der Waals surface area contributed by atoms with Crippen molar-refractivity contribution in [1.82, 2.24) is 0 Å². The third kappa shape index (κ3) is 4.47. The Kier molecular flexibility index (Phi) is 4.98. The third-order valence-electron chi connectivity index (χ3n) is 2.86. The Morgan fingerprint density at radius 2 is 2.00 bits per heavy atom. The quantitative estimate of drug-likeness (QED) is 0.780. The van der Waals surface area contributed by atoms with Crippen molar-refractivity contribution in [2.75, 3.05) is 39.5 Å². The minimum absolute atomic E-state index is 0.165. The van der Waals surface area contributed by atoms with Gasteiger partial charge in [-0.15, -0.1) is 0 Å². The molecule has 1 N–H and O–H groups in total. The van der Waals surface area contributed by atoms with E-state index in [-0.39, 0.29) is 19.8 Å². The lowest BCUT2D eigenvalue weighted by Gasteiger charge is -2.38. The van der Waals surface area contributed by atoms with E-state index in [1.807, 2.05) is 6.92 Å². The number of rotatable bonds is 5. The molecule has 0 saturated carbocycles. The van der Waals surface area contributed by atoms with E-state index in [4.69, 9.17) is 18.7 Å². The minimum atomic E-state index is -2.95. The molecule has 0 aromatic carbocycles. The van der Waals surface area contributed by atoms with Crippen LogP contribution in [0, 0.1) is 5.41 Å². The lowest BCUT2D eigenvalue weighted by molar-refractivity contribution is -0.0141. The Balaban J connectivity index is 2.60. The second-order valence-corrected chi connectivity index (χ2v) is 9.23. The van der Waals surface area contributed by atoms with Gasteiger partial charge >= 0.3 is 7.60 Å². The van der Waals surface area contributed by atoms with Gasteiger partial charge in [0.25, 0.3) is 0 Å². The van der Waals surface area contributed by atoms with Gasteiger partial charge in [-0.3, -0.25) is 9.13 Å². The molecule has 1 heterocycles. The van der Waals surface area contributed by atoms with Gasteiger partial charge in [0.05, 0.1) is 19.8 Å². The number of aliphatic hydroxyl groups excluding tert-OH is 1. The lowest BCUT2D eigenvalue weighted by Crippen LogP contribution is -2.38. The Morgan fingerprint density at radius 1 is 1.47 bits per heavy atom. The molecule has 6 nitrogen and oxygen atoms in total. The van der Waals surface area contributed by atoms with Crippen LogP contribution < -0.4 is 0 Å². The van der Waals surface area contributed by atoms with Gasteiger partial charge in [0, 0.05) is 18.7 Å². The highest BCUT2D eigenvalue weighted by atomic mass is 31.2. The molecule has 0 aromatic rings. The number of aliphatic hydroxyl groups is 1. The Labute approximate surface area is 102 Å². The highest BCUT2D eigenvalue weighted by Crippen LogP contribution is 2.52. The van der Waals surface area contributed by atoms with Crippen LogP contribution >= 0.6 is 15.0 Å². The van der Waals surface area contributed by atoms with E-state index in [9.17, 15) is 9.13 Å². The van der Waals surface area contributed by atoms with Crippen LogP contribution in [0.3, 0.4) is 0 Å². The summed E-state index contributed by atoms with van der Waals surface area (Å²) in [5.74, 6) is 0. The fourth-order valence-electron chi connectivity index (χ4n) is 1.29. The molecular weight excluding hydrogens is 266 g/mol. The van der Waals surface area contributed by atoms with E-state index in [0.29, 0.717) is 6.42 Å². The van der Waals surface area contributed by atoms with Crippen LogP contribution in [0.5, 0.6) is 0 Å². The van der Waals surface area contributed by atoms with Crippen molar-refractivity contribution < 1.29 is 27.8 Å². The van der Waals surface area contributed by atoms with E-state index in [1.165, 1.54) is 13.3 Å². The first-order valence-electron chi connectivity index (χ1n) is 5.43. The summed E-state index contributed by atoms with van der Waals surface area (Å²) in [6.45, 7) is 5.41. The maximum absolute atomic E-state index is 11.6. The molecular formula is C9H20O6P2. The van der Waals surface area contributed by atoms with E-state index in [2.05, 4.69) is 0 Å². The lowest BCUT2D eigenvalue weighted by atomic mass is 9.88. The average Bonchev–Trinajstić information content (AvgIpc) is 2.29. The minimum Gasteiger partial charge on any atom is -0.386 e. The molecule has 1 aliphatic rings. The topological polar surface area (TPSA) is 82.1 Å². The fourth-order valence-corrected chi connectivity index (χ4v) is 3.01. The van der Waals surface area contributed by atoms with Crippen LogP contribution in [0.2, 0.25) is 0 Å². The van der Waals surface area contributed by atoms with Crippen LogP contribution in [0.25, 0.3) is 0 Å². The zero-order valence-electron chi connectivity index (χ0n) is 10.4. The molecule has 1 saturated heterocycles. The molecule has 0 radical (unpaired) electrons. The molecule has 1 aliphatic heterocycles. The first kappa shape index (κ1) is 15.4. The van der Waals surface area contributed by atoms with Gasteiger partial charge in [-0.2, -0.15) is 0 Å². The predicted molar refractivity (Wildman–Crippen MR) is 64.7 cm³/mol. The highest BCUT2D eigenvalue weighted by Gasteiger charge is 2.40. The zero-order chi connectivity index (χ0) is 13.2. The molecule has 17 heavy (non-hydrogen) atoms. The number of hydrogen-bond acceptors (Lipinski definition) is 6. The molecule has 8 heteroatoms. The van der Waals surface area contributed by atoms with Gasteiger partial charge < -0.3 is 18.7 Å². The van der Waals surface area contributed by atoms with Gasteiger partial charge in [-0.1, -0.05) is 6.92 Å². The van der Waals surface area contributed by atoms with E-state index in [0.717, 1.165) is 0 Å². The molecule has 1 rings (SSSR count). The maximum atomic E-state index is 11.6. The summed E-state index contributed by atoms with van der Waals surface area (Å²) >= 11 is 0. The molecule has 1 unspecified atom stereocenters. The molecule has 0 bridgehead atoms. The second kappa shape index (κ2) is 5.52. The molecule has 0 spiro atoms. The van der Waals surface area contributed by atoms with Crippen molar-refractivity contribution in [1.29, 1.82) is 0 Å². The van der Waals surface area contributed by atoms with Crippen molar-refractivity contribution in [3.05, 3.63) is 0 Å². The predicted octanol–water partition coefficient (Wildman–Crippen LogP) is 2.13. The summed E-state index contributed by atoms with van der Waals surface area (Å²) in [6, 6.07) is 0. The molecule has 1 fully saturated rings. The largest absolute Gasteiger partial charge is 0.386 e. The summed E-state index contributed by atoms with van der Waals surface area (Å²) in [6.07, 6.45) is 0.208. The van der Waals surface area contributed by atoms with Gasteiger partial charge in [-0.25, -0.2) is 0 Å². The van der Waals surface area contributed by atoms with Crippen molar-refractivity contribution in [2.24, 2.45) is 5.41 Å². The summed E-state index contributed by atoms with van der Waals surface area (Å²) in [5.41, 5.74) is -0.440. The van der Waals surface area contributed by atoms with Crippen molar-refractivity contribution >= 4 is 15.0 Å². The molecule has 0 aromatic heterocycles. The SMILES string of the molecule is CCC1(COP(C)(=O)CO)COP(C)(=O)OC1. The van der Waals surface area contributed by atoms with Crippen LogP contribution in [0.15, 0.2) is 0 Å². The van der Waals surface area contributed by atoms with E-state index >= 15 is 0 Å². The van der Waals surface area contributed by atoms with Crippen LogP contribution in [-0.2, 0) is 22.7 Å². The Hall–Kier alpha value is 0.300. The van der Waals surface area contributed by atoms with Gasteiger partial charge in [0.15, 0.2) is 0 Å². The molecule has 0 amide bonds. The highest BCUT2D eigenvalue weighted by molar-refractivity contribution is 7.57. The number of hydrogen-bond donors (Lipinski definition) is 1. The third-order valence-corrected chi connectivity index (χ3v) is 5.25. The molecule has 1 atom stereocenters. The summed E-state index contributed by atoms with van der Waals surface area (Å²) in [7, 11) is -5.88. The maximum Gasteiger partial charge on any atom is 0.327 e. The zero-order valence-corrected chi connectivity index (χ0v) is 12.2. The monoisotopic (exact) mass is 286 g/mol. The average molecular weight is 286 g/mol. The standard InChI is InChI=1S/C9H20O6P2/c1-4-9(5-13-16(2,11)8-10)6-14-17(3,12)15-7-9/h10H,4-8H2,1-3H3. The van der Waals surface area contributed by atoms with Gasteiger partial charge in [-0.05, 0) is 6.42 Å². The van der Waals surface area contributed by atoms with Crippen molar-refractivity contribution in [2.45, 2.75) is 13.3 Å². The van der Waals surface area contributed by atoms with E-state index in [1.54, 1.807) is 0 Å². The first-order chi connectivity index (χ1) is 7.74. The first-order valence-corrected chi connectivity index (χ1v) is 9.67. The van der Waals surface area contributed by atoms with E-state index < -0.39 is 26.7 Å².